The second-order valence-electron chi connectivity index (χ2n) is 3.30. The maximum Gasteiger partial charge on any atom is 0.139 e. The molecule has 5 heteroatoms. The molecular formula is C10H12N4S. The van der Waals surface area contributed by atoms with E-state index in [0.29, 0.717) is 5.82 Å². The second-order valence-corrected chi connectivity index (χ2v) is 4.08. The molecular weight excluding hydrogens is 208 g/mol. The Morgan fingerprint density at radius 3 is 2.73 bits per heavy atom. The monoisotopic (exact) mass is 220 g/mol. The SMILES string of the molecule is CN(Cc1ccncc1)c1cc(N)ns1. The predicted octanol–water partition coefficient (Wildman–Crippen LogP) is 1.76. The molecule has 0 unspecified atom stereocenters. The molecule has 0 saturated heterocycles. The highest BCUT2D eigenvalue weighted by molar-refractivity contribution is 7.10. The first-order chi connectivity index (χ1) is 7.25. The molecule has 0 spiro atoms. The Morgan fingerprint density at radius 1 is 1.40 bits per heavy atom. The molecule has 0 bridgehead atoms. The Morgan fingerprint density at radius 2 is 2.13 bits per heavy atom. The summed E-state index contributed by atoms with van der Waals surface area (Å²) in [6.45, 7) is 0.837. The van der Waals surface area contributed by atoms with Crippen molar-refractivity contribution >= 4 is 22.4 Å². The topological polar surface area (TPSA) is 55.0 Å². The van der Waals surface area contributed by atoms with Crippen LogP contribution >= 0.6 is 11.5 Å². The highest BCUT2D eigenvalue weighted by Crippen LogP contribution is 2.22. The molecule has 0 aliphatic carbocycles. The molecule has 2 N–H and O–H groups in total. The number of nitrogens with two attached hydrogens (primary N) is 1. The van der Waals surface area contributed by atoms with Gasteiger partial charge in [-0.1, -0.05) is 0 Å². The smallest absolute Gasteiger partial charge is 0.139 e. The zero-order chi connectivity index (χ0) is 10.7. The summed E-state index contributed by atoms with van der Waals surface area (Å²) in [6, 6.07) is 5.88. The molecule has 15 heavy (non-hydrogen) atoms. The molecule has 2 aromatic heterocycles. The largest absolute Gasteiger partial charge is 0.383 e. The lowest BCUT2D eigenvalue weighted by Crippen LogP contribution is -2.14. The molecule has 0 aromatic carbocycles. The van der Waals surface area contributed by atoms with E-state index >= 15 is 0 Å². The van der Waals surface area contributed by atoms with Gasteiger partial charge in [-0.3, -0.25) is 4.98 Å². The average molecular weight is 220 g/mol. The number of hydrogen-bond donors (Lipinski definition) is 1. The lowest BCUT2D eigenvalue weighted by atomic mass is 10.2. The highest BCUT2D eigenvalue weighted by atomic mass is 32.1. The summed E-state index contributed by atoms with van der Waals surface area (Å²) in [5.41, 5.74) is 6.79. The van der Waals surface area contributed by atoms with Crippen molar-refractivity contribution in [3.8, 4) is 0 Å². The summed E-state index contributed by atoms with van der Waals surface area (Å²) >= 11 is 1.41. The summed E-state index contributed by atoms with van der Waals surface area (Å²) in [5, 5.41) is 1.07. The number of nitrogen functional groups attached to an aromatic ring is 1. The van der Waals surface area contributed by atoms with Gasteiger partial charge < -0.3 is 10.6 Å². The van der Waals surface area contributed by atoms with Gasteiger partial charge in [0, 0.05) is 32.1 Å². The first kappa shape index (κ1) is 9.92. The van der Waals surface area contributed by atoms with Crippen LogP contribution in [-0.2, 0) is 6.54 Å². The van der Waals surface area contributed by atoms with E-state index in [0.717, 1.165) is 11.5 Å². The molecule has 0 atom stereocenters. The molecule has 0 amide bonds. The third kappa shape index (κ3) is 2.44. The number of hydrogen-bond acceptors (Lipinski definition) is 5. The molecule has 0 aliphatic heterocycles. The first-order valence-electron chi connectivity index (χ1n) is 4.58. The molecule has 2 rings (SSSR count). The van der Waals surface area contributed by atoms with Crippen LogP contribution in [0, 0.1) is 0 Å². The van der Waals surface area contributed by atoms with E-state index in [4.69, 9.17) is 5.73 Å². The molecule has 0 aliphatic rings. The van der Waals surface area contributed by atoms with Gasteiger partial charge in [0.05, 0.1) is 0 Å². The molecule has 78 valence electrons. The maximum absolute atomic E-state index is 5.57. The van der Waals surface area contributed by atoms with E-state index in [1.165, 1.54) is 17.1 Å². The van der Waals surface area contributed by atoms with Crippen LogP contribution in [0.3, 0.4) is 0 Å². The predicted molar refractivity (Wildman–Crippen MR) is 62.9 cm³/mol. The summed E-state index contributed by atoms with van der Waals surface area (Å²) in [4.78, 5) is 6.10. The molecule has 4 nitrogen and oxygen atoms in total. The highest BCUT2D eigenvalue weighted by Gasteiger charge is 2.05. The van der Waals surface area contributed by atoms with E-state index in [-0.39, 0.29) is 0 Å². The lowest BCUT2D eigenvalue weighted by Gasteiger charge is -2.15. The van der Waals surface area contributed by atoms with Gasteiger partial charge in [-0.15, -0.1) is 0 Å². The van der Waals surface area contributed by atoms with Gasteiger partial charge in [0.1, 0.15) is 10.8 Å². The van der Waals surface area contributed by atoms with Crippen molar-refractivity contribution in [2.45, 2.75) is 6.54 Å². The Hall–Kier alpha value is -1.62. The van der Waals surface area contributed by atoms with Crippen molar-refractivity contribution in [2.75, 3.05) is 17.7 Å². The maximum atomic E-state index is 5.57. The third-order valence-corrected chi connectivity index (χ3v) is 2.98. The van der Waals surface area contributed by atoms with Gasteiger partial charge in [-0.2, -0.15) is 4.37 Å². The minimum absolute atomic E-state index is 0.580. The number of nitrogens with zero attached hydrogens (tertiary/aromatic N) is 3. The van der Waals surface area contributed by atoms with Crippen molar-refractivity contribution < 1.29 is 0 Å². The Bertz CT molecular complexity index is 426. The molecule has 0 fully saturated rings. The molecule has 0 radical (unpaired) electrons. The van der Waals surface area contributed by atoms with Gasteiger partial charge in [0.25, 0.3) is 0 Å². The van der Waals surface area contributed by atoms with Crippen LogP contribution in [0.1, 0.15) is 5.56 Å². The Labute approximate surface area is 92.5 Å². The zero-order valence-electron chi connectivity index (χ0n) is 8.42. The quantitative estimate of drug-likeness (QED) is 0.856. The molecule has 2 heterocycles. The van der Waals surface area contributed by atoms with E-state index in [9.17, 15) is 0 Å². The van der Waals surface area contributed by atoms with E-state index in [1.54, 1.807) is 12.4 Å². The standard InChI is InChI=1S/C10H12N4S/c1-14(10-6-9(11)13-15-10)7-8-2-4-12-5-3-8/h2-6H,7H2,1H3,(H2,11,13). The minimum Gasteiger partial charge on any atom is -0.383 e. The van der Waals surface area contributed by atoms with Gasteiger partial charge in [-0.25, -0.2) is 0 Å². The van der Waals surface area contributed by atoms with Crippen molar-refractivity contribution in [3.63, 3.8) is 0 Å². The van der Waals surface area contributed by atoms with E-state index in [2.05, 4.69) is 14.3 Å². The summed E-state index contributed by atoms with van der Waals surface area (Å²) < 4.78 is 4.04. The number of aromatic nitrogens is 2. The van der Waals surface area contributed by atoms with E-state index < -0.39 is 0 Å². The van der Waals surface area contributed by atoms with Gasteiger partial charge in [0.15, 0.2) is 0 Å². The van der Waals surface area contributed by atoms with E-state index in [1.807, 2.05) is 25.2 Å². The zero-order valence-corrected chi connectivity index (χ0v) is 9.24. The fraction of sp³-hybridized carbons (Fsp3) is 0.200. The van der Waals surface area contributed by atoms with Crippen LogP contribution < -0.4 is 10.6 Å². The number of rotatable bonds is 3. The third-order valence-electron chi connectivity index (χ3n) is 2.06. The van der Waals surface area contributed by atoms with Crippen LogP contribution in [0.4, 0.5) is 10.8 Å². The minimum atomic E-state index is 0.580. The van der Waals surface area contributed by atoms with Crippen molar-refractivity contribution in [3.05, 3.63) is 36.2 Å². The number of anilines is 2. The van der Waals surface area contributed by atoms with Crippen molar-refractivity contribution in [2.24, 2.45) is 0 Å². The van der Waals surface area contributed by atoms with Gasteiger partial charge in [0.2, 0.25) is 0 Å². The summed E-state index contributed by atoms with van der Waals surface area (Å²) in [5.74, 6) is 0.580. The van der Waals surface area contributed by atoms with Crippen molar-refractivity contribution in [1.29, 1.82) is 0 Å². The Balaban J connectivity index is 2.07. The van der Waals surface area contributed by atoms with Crippen LogP contribution in [0.25, 0.3) is 0 Å². The van der Waals surface area contributed by atoms with Gasteiger partial charge in [-0.05, 0) is 29.2 Å². The fourth-order valence-electron chi connectivity index (χ4n) is 1.30. The Kier molecular flexibility index (Phi) is 2.82. The van der Waals surface area contributed by atoms with Crippen LogP contribution in [0.2, 0.25) is 0 Å². The fourth-order valence-corrected chi connectivity index (χ4v) is 1.93. The van der Waals surface area contributed by atoms with Gasteiger partial charge >= 0.3 is 0 Å². The lowest BCUT2D eigenvalue weighted by molar-refractivity contribution is 0.931. The first-order valence-corrected chi connectivity index (χ1v) is 5.35. The van der Waals surface area contributed by atoms with Crippen LogP contribution in [0.5, 0.6) is 0 Å². The number of pyridine rings is 1. The van der Waals surface area contributed by atoms with Crippen molar-refractivity contribution in [1.82, 2.24) is 9.36 Å². The normalized spacial score (nSPS) is 10.2. The molecule has 0 saturated carbocycles. The second kappa shape index (κ2) is 4.27. The summed E-state index contributed by atoms with van der Waals surface area (Å²) in [6.07, 6.45) is 3.59. The average Bonchev–Trinajstić information content (AvgIpc) is 2.66. The van der Waals surface area contributed by atoms with Crippen LogP contribution in [0.15, 0.2) is 30.6 Å². The van der Waals surface area contributed by atoms with Crippen LogP contribution in [-0.4, -0.2) is 16.4 Å². The molecule has 2 aromatic rings. The summed E-state index contributed by atoms with van der Waals surface area (Å²) in [7, 11) is 2.02.